The summed E-state index contributed by atoms with van der Waals surface area (Å²) >= 11 is 0. The second kappa shape index (κ2) is 8.92. The second-order valence-electron chi connectivity index (χ2n) is 4.89. The van der Waals surface area contributed by atoms with Gasteiger partial charge in [0, 0.05) is 5.56 Å². The summed E-state index contributed by atoms with van der Waals surface area (Å²) in [5.41, 5.74) is 0.336. The Balaban J connectivity index is 2.91. The Kier molecular flexibility index (Phi) is 7.22. The molecule has 0 heterocycles. The highest BCUT2D eigenvalue weighted by molar-refractivity contribution is 5.97. The SMILES string of the molecule is CCCOc1ccc(C(=O)NC(C)C(=O)O)cc1OCCC. The van der Waals surface area contributed by atoms with Crippen LogP contribution in [-0.4, -0.2) is 36.2 Å². The monoisotopic (exact) mass is 309 g/mol. The van der Waals surface area contributed by atoms with Gasteiger partial charge in [-0.25, -0.2) is 0 Å². The van der Waals surface area contributed by atoms with Gasteiger partial charge in [0.25, 0.3) is 5.91 Å². The van der Waals surface area contributed by atoms with E-state index in [0.29, 0.717) is 30.3 Å². The molecule has 6 nitrogen and oxygen atoms in total. The number of amides is 1. The maximum absolute atomic E-state index is 12.0. The first kappa shape index (κ1) is 17.8. The second-order valence-corrected chi connectivity index (χ2v) is 4.89. The molecule has 1 aromatic rings. The minimum Gasteiger partial charge on any atom is -0.490 e. The van der Waals surface area contributed by atoms with Gasteiger partial charge in [-0.2, -0.15) is 0 Å². The van der Waals surface area contributed by atoms with E-state index in [-0.39, 0.29) is 0 Å². The Morgan fingerprint density at radius 2 is 1.73 bits per heavy atom. The molecule has 0 fully saturated rings. The summed E-state index contributed by atoms with van der Waals surface area (Å²) in [5.74, 6) is -0.471. The van der Waals surface area contributed by atoms with Crippen LogP contribution in [0.5, 0.6) is 11.5 Å². The summed E-state index contributed by atoms with van der Waals surface area (Å²) in [6, 6.07) is 3.88. The molecule has 1 amide bonds. The first-order valence-corrected chi connectivity index (χ1v) is 7.42. The molecule has 122 valence electrons. The van der Waals surface area contributed by atoms with Crippen molar-refractivity contribution in [2.45, 2.75) is 39.7 Å². The molecular weight excluding hydrogens is 286 g/mol. The molecule has 2 N–H and O–H groups in total. The highest BCUT2D eigenvalue weighted by atomic mass is 16.5. The van der Waals surface area contributed by atoms with Crippen LogP contribution in [0.2, 0.25) is 0 Å². The number of hydrogen-bond donors (Lipinski definition) is 2. The highest BCUT2D eigenvalue weighted by Gasteiger charge is 2.17. The molecule has 0 aliphatic rings. The fourth-order valence-corrected chi connectivity index (χ4v) is 1.65. The zero-order chi connectivity index (χ0) is 16.5. The Morgan fingerprint density at radius 1 is 1.14 bits per heavy atom. The molecule has 1 atom stereocenters. The van der Waals surface area contributed by atoms with Gasteiger partial charge in [-0.1, -0.05) is 13.8 Å². The topological polar surface area (TPSA) is 84.9 Å². The van der Waals surface area contributed by atoms with Gasteiger partial charge < -0.3 is 19.9 Å². The number of benzene rings is 1. The first-order valence-electron chi connectivity index (χ1n) is 7.42. The number of carboxylic acids is 1. The predicted molar refractivity (Wildman–Crippen MR) is 82.6 cm³/mol. The molecule has 0 radical (unpaired) electrons. The fraction of sp³-hybridized carbons (Fsp3) is 0.500. The molecule has 0 bridgehead atoms. The standard InChI is InChI=1S/C16H23NO5/c1-4-8-21-13-7-6-12(10-14(13)22-9-5-2)15(18)17-11(3)16(19)20/h6-7,10-11H,4-5,8-9H2,1-3H3,(H,17,18)(H,19,20). The van der Waals surface area contributed by atoms with Crippen LogP contribution >= 0.6 is 0 Å². The molecule has 0 aliphatic carbocycles. The molecule has 6 heteroatoms. The van der Waals surface area contributed by atoms with Gasteiger partial charge in [0.1, 0.15) is 6.04 Å². The smallest absolute Gasteiger partial charge is 0.325 e. The summed E-state index contributed by atoms with van der Waals surface area (Å²) in [6.07, 6.45) is 1.70. The van der Waals surface area contributed by atoms with E-state index >= 15 is 0 Å². The molecule has 0 saturated carbocycles. The zero-order valence-electron chi connectivity index (χ0n) is 13.2. The minimum absolute atomic E-state index is 0.336. The molecular formula is C16H23NO5. The van der Waals surface area contributed by atoms with Crippen molar-refractivity contribution >= 4 is 11.9 Å². The lowest BCUT2D eigenvalue weighted by Gasteiger charge is -2.14. The van der Waals surface area contributed by atoms with Crippen LogP contribution in [-0.2, 0) is 4.79 Å². The third-order valence-electron chi connectivity index (χ3n) is 2.85. The average molecular weight is 309 g/mol. The molecule has 22 heavy (non-hydrogen) atoms. The van der Waals surface area contributed by atoms with E-state index < -0.39 is 17.9 Å². The molecule has 0 spiro atoms. The van der Waals surface area contributed by atoms with E-state index in [1.165, 1.54) is 6.92 Å². The van der Waals surface area contributed by atoms with Gasteiger partial charge in [0.15, 0.2) is 11.5 Å². The summed E-state index contributed by atoms with van der Waals surface area (Å²) in [5, 5.41) is 11.2. The van der Waals surface area contributed by atoms with Crippen LogP contribution in [0.1, 0.15) is 44.0 Å². The van der Waals surface area contributed by atoms with Crippen molar-refractivity contribution in [1.82, 2.24) is 5.32 Å². The van der Waals surface area contributed by atoms with E-state index in [4.69, 9.17) is 14.6 Å². The van der Waals surface area contributed by atoms with Gasteiger partial charge in [-0.3, -0.25) is 9.59 Å². The van der Waals surface area contributed by atoms with E-state index in [9.17, 15) is 9.59 Å². The van der Waals surface area contributed by atoms with Crippen molar-refractivity contribution in [1.29, 1.82) is 0 Å². The van der Waals surface area contributed by atoms with Crippen molar-refractivity contribution in [3.63, 3.8) is 0 Å². The van der Waals surface area contributed by atoms with Crippen LogP contribution in [0, 0.1) is 0 Å². The Morgan fingerprint density at radius 3 is 2.27 bits per heavy atom. The number of nitrogens with one attached hydrogen (secondary N) is 1. The van der Waals surface area contributed by atoms with Gasteiger partial charge in [0.2, 0.25) is 0 Å². The number of carboxylic acid groups (broad SMARTS) is 1. The van der Waals surface area contributed by atoms with Gasteiger partial charge >= 0.3 is 5.97 Å². The lowest BCUT2D eigenvalue weighted by Crippen LogP contribution is -2.38. The fourth-order valence-electron chi connectivity index (χ4n) is 1.65. The molecule has 0 saturated heterocycles. The third-order valence-corrected chi connectivity index (χ3v) is 2.85. The molecule has 0 aromatic heterocycles. The van der Waals surface area contributed by atoms with Crippen molar-refractivity contribution in [3.05, 3.63) is 23.8 Å². The number of rotatable bonds is 9. The highest BCUT2D eigenvalue weighted by Crippen LogP contribution is 2.29. The van der Waals surface area contributed by atoms with Crippen LogP contribution in [0.25, 0.3) is 0 Å². The van der Waals surface area contributed by atoms with E-state index in [1.54, 1.807) is 18.2 Å². The third kappa shape index (κ3) is 5.27. The Labute approximate surface area is 130 Å². The normalized spacial score (nSPS) is 11.6. The number of carbonyl (C=O) groups excluding carboxylic acids is 1. The summed E-state index contributed by atoms with van der Waals surface area (Å²) in [7, 11) is 0. The van der Waals surface area contributed by atoms with E-state index in [2.05, 4.69) is 5.32 Å². The average Bonchev–Trinajstić information content (AvgIpc) is 2.50. The molecule has 1 unspecified atom stereocenters. The maximum Gasteiger partial charge on any atom is 0.325 e. The number of ether oxygens (including phenoxy) is 2. The summed E-state index contributed by atoms with van der Waals surface area (Å²) in [6.45, 7) is 6.47. The Hall–Kier alpha value is -2.24. The minimum atomic E-state index is -1.08. The van der Waals surface area contributed by atoms with E-state index in [1.807, 2.05) is 13.8 Å². The number of aliphatic carboxylic acids is 1. The quantitative estimate of drug-likeness (QED) is 0.732. The van der Waals surface area contributed by atoms with Crippen LogP contribution in [0.3, 0.4) is 0 Å². The van der Waals surface area contributed by atoms with Crippen LogP contribution in [0.4, 0.5) is 0 Å². The van der Waals surface area contributed by atoms with Gasteiger partial charge in [-0.15, -0.1) is 0 Å². The largest absolute Gasteiger partial charge is 0.490 e. The number of hydrogen-bond acceptors (Lipinski definition) is 4. The van der Waals surface area contributed by atoms with Crippen LogP contribution < -0.4 is 14.8 Å². The lowest BCUT2D eigenvalue weighted by atomic mass is 10.1. The van der Waals surface area contributed by atoms with Crippen molar-refractivity contribution in [2.75, 3.05) is 13.2 Å². The van der Waals surface area contributed by atoms with Gasteiger partial charge in [-0.05, 0) is 38.0 Å². The van der Waals surface area contributed by atoms with Crippen molar-refractivity contribution < 1.29 is 24.2 Å². The molecule has 1 rings (SSSR count). The first-order chi connectivity index (χ1) is 10.5. The molecule has 1 aromatic carbocycles. The van der Waals surface area contributed by atoms with E-state index in [0.717, 1.165) is 12.8 Å². The Bertz CT molecular complexity index is 515. The van der Waals surface area contributed by atoms with Gasteiger partial charge in [0.05, 0.1) is 13.2 Å². The van der Waals surface area contributed by atoms with Crippen LogP contribution in [0.15, 0.2) is 18.2 Å². The maximum atomic E-state index is 12.0. The summed E-state index contributed by atoms with van der Waals surface area (Å²) < 4.78 is 11.2. The predicted octanol–water partition coefficient (Wildman–Crippen LogP) is 2.47. The summed E-state index contributed by atoms with van der Waals surface area (Å²) in [4.78, 5) is 22.8. The molecule has 0 aliphatic heterocycles. The number of carbonyl (C=O) groups is 2. The van der Waals surface area contributed by atoms with Crippen molar-refractivity contribution in [2.24, 2.45) is 0 Å². The van der Waals surface area contributed by atoms with Crippen molar-refractivity contribution in [3.8, 4) is 11.5 Å². The zero-order valence-corrected chi connectivity index (χ0v) is 13.2. The lowest BCUT2D eigenvalue weighted by molar-refractivity contribution is -0.138.